The minimum Gasteiger partial charge on any atom is -0.376 e. The SMILES string of the molecule is CCCO[Si](CCl)(OC)OCC. The second-order valence-electron chi connectivity index (χ2n) is 2.30. The van der Waals surface area contributed by atoms with Gasteiger partial charge < -0.3 is 13.3 Å². The minimum atomic E-state index is -2.50. The van der Waals surface area contributed by atoms with E-state index in [2.05, 4.69) is 0 Å². The van der Waals surface area contributed by atoms with E-state index in [4.69, 9.17) is 24.9 Å². The molecule has 5 heteroatoms. The number of alkyl halides is 1. The summed E-state index contributed by atoms with van der Waals surface area (Å²) in [6, 6.07) is 0. The van der Waals surface area contributed by atoms with Gasteiger partial charge in [-0.15, -0.1) is 11.6 Å². The van der Waals surface area contributed by atoms with Crippen LogP contribution in [0.1, 0.15) is 20.3 Å². The van der Waals surface area contributed by atoms with Crippen molar-refractivity contribution in [2.45, 2.75) is 20.3 Å². The lowest BCUT2D eigenvalue weighted by molar-refractivity contribution is 0.0876. The van der Waals surface area contributed by atoms with E-state index in [1.165, 1.54) is 0 Å². The van der Waals surface area contributed by atoms with Crippen LogP contribution in [0, 0.1) is 0 Å². The van der Waals surface area contributed by atoms with Gasteiger partial charge in [0.2, 0.25) is 0 Å². The molecule has 0 saturated heterocycles. The van der Waals surface area contributed by atoms with E-state index < -0.39 is 8.80 Å². The van der Waals surface area contributed by atoms with Gasteiger partial charge in [0.25, 0.3) is 0 Å². The molecule has 0 fully saturated rings. The first-order valence-corrected chi connectivity index (χ1v) is 6.60. The highest BCUT2D eigenvalue weighted by molar-refractivity contribution is 6.69. The Morgan fingerprint density at radius 3 is 2.25 bits per heavy atom. The fourth-order valence-electron chi connectivity index (χ4n) is 0.769. The van der Waals surface area contributed by atoms with Crippen LogP contribution >= 0.6 is 11.6 Å². The Morgan fingerprint density at radius 1 is 1.25 bits per heavy atom. The van der Waals surface area contributed by atoms with Crippen LogP contribution in [0.4, 0.5) is 0 Å². The molecule has 0 amide bonds. The smallest absolute Gasteiger partial charge is 0.376 e. The Bertz CT molecular complexity index is 109. The molecule has 0 aliphatic heterocycles. The third kappa shape index (κ3) is 3.87. The van der Waals surface area contributed by atoms with Crippen molar-refractivity contribution < 1.29 is 13.3 Å². The molecule has 0 aromatic carbocycles. The molecule has 0 heterocycles. The zero-order valence-electron chi connectivity index (χ0n) is 7.93. The molecule has 0 aromatic rings. The molecule has 74 valence electrons. The molecule has 12 heavy (non-hydrogen) atoms. The zero-order chi connectivity index (χ0) is 9.45. The lowest BCUT2D eigenvalue weighted by Gasteiger charge is -2.25. The summed E-state index contributed by atoms with van der Waals surface area (Å²) in [5.74, 6) is 0. The maximum Gasteiger partial charge on any atom is 0.516 e. The van der Waals surface area contributed by atoms with Gasteiger partial charge in [0, 0.05) is 20.3 Å². The average molecular weight is 213 g/mol. The van der Waals surface area contributed by atoms with Crippen LogP contribution in [0.3, 0.4) is 0 Å². The lowest BCUT2D eigenvalue weighted by Crippen LogP contribution is -2.47. The maximum absolute atomic E-state index is 5.73. The van der Waals surface area contributed by atoms with Crippen LogP contribution in [-0.4, -0.2) is 34.6 Å². The standard InChI is InChI=1S/C7H17ClO3Si/c1-4-6-11-12(7-8,9-3)10-5-2/h4-7H2,1-3H3. The van der Waals surface area contributed by atoms with Gasteiger partial charge in [-0.3, -0.25) is 0 Å². The topological polar surface area (TPSA) is 27.7 Å². The van der Waals surface area contributed by atoms with Crippen molar-refractivity contribution >= 4 is 20.4 Å². The minimum absolute atomic E-state index is 0.317. The molecule has 0 bridgehead atoms. The fraction of sp³-hybridized carbons (Fsp3) is 1.00. The van der Waals surface area contributed by atoms with Crippen molar-refractivity contribution in [3.63, 3.8) is 0 Å². The molecule has 0 aromatic heterocycles. The van der Waals surface area contributed by atoms with Gasteiger partial charge in [-0.05, 0) is 13.3 Å². The zero-order valence-corrected chi connectivity index (χ0v) is 9.69. The van der Waals surface area contributed by atoms with Gasteiger partial charge >= 0.3 is 8.80 Å². The van der Waals surface area contributed by atoms with Crippen molar-refractivity contribution in [2.75, 3.05) is 25.8 Å². The van der Waals surface area contributed by atoms with Crippen LogP contribution in [0.5, 0.6) is 0 Å². The summed E-state index contributed by atoms with van der Waals surface area (Å²) in [5, 5.41) is 0. The van der Waals surface area contributed by atoms with E-state index in [9.17, 15) is 0 Å². The van der Waals surface area contributed by atoms with Crippen molar-refractivity contribution in [2.24, 2.45) is 0 Å². The molecule has 0 radical (unpaired) electrons. The van der Waals surface area contributed by atoms with Gasteiger partial charge in [0.15, 0.2) is 0 Å². The van der Waals surface area contributed by atoms with E-state index in [-0.39, 0.29) is 0 Å². The average Bonchev–Trinajstić information content (AvgIpc) is 2.13. The molecular formula is C7H17ClO3Si. The van der Waals surface area contributed by atoms with Gasteiger partial charge in [-0.2, -0.15) is 0 Å². The summed E-state index contributed by atoms with van der Waals surface area (Å²) in [7, 11) is -0.916. The van der Waals surface area contributed by atoms with Crippen molar-refractivity contribution in [3.05, 3.63) is 0 Å². The van der Waals surface area contributed by atoms with Crippen LogP contribution in [0.25, 0.3) is 0 Å². The molecule has 0 saturated carbocycles. The van der Waals surface area contributed by atoms with Gasteiger partial charge in [0.1, 0.15) is 0 Å². The van der Waals surface area contributed by atoms with Crippen LogP contribution in [-0.2, 0) is 13.3 Å². The molecule has 0 spiro atoms. The monoisotopic (exact) mass is 212 g/mol. The molecule has 0 aliphatic rings. The summed E-state index contributed by atoms with van der Waals surface area (Å²) in [4.78, 5) is 0. The Balaban J connectivity index is 3.95. The molecular weight excluding hydrogens is 196 g/mol. The quantitative estimate of drug-likeness (QED) is 0.476. The molecule has 0 N–H and O–H groups in total. The van der Waals surface area contributed by atoms with Gasteiger partial charge in [-0.25, -0.2) is 0 Å². The van der Waals surface area contributed by atoms with Crippen molar-refractivity contribution in [1.82, 2.24) is 0 Å². The summed E-state index contributed by atoms with van der Waals surface area (Å²) in [6.07, 6.45) is 0.947. The highest BCUT2D eigenvalue weighted by Crippen LogP contribution is 2.10. The Labute approximate surface area is 80.3 Å². The first-order valence-electron chi connectivity index (χ1n) is 4.13. The fourth-order valence-corrected chi connectivity index (χ4v) is 3.10. The van der Waals surface area contributed by atoms with E-state index in [1.807, 2.05) is 13.8 Å². The second kappa shape index (κ2) is 6.86. The number of halogens is 1. The Hall–Kier alpha value is 0.387. The van der Waals surface area contributed by atoms with Crippen LogP contribution in [0.2, 0.25) is 0 Å². The predicted molar refractivity (Wildman–Crippen MR) is 51.4 cm³/mol. The van der Waals surface area contributed by atoms with Crippen LogP contribution < -0.4 is 0 Å². The summed E-state index contributed by atoms with van der Waals surface area (Å²) in [5.41, 5.74) is 0.317. The van der Waals surface area contributed by atoms with E-state index >= 15 is 0 Å². The molecule has 0 rings (SSSR count). The third-order valence-electron chi connectivity index (χ3n) is 1.37. The third-order valence-corrected chi connectivity index (χ3v) is 4.67. The number of hydrogen-bond donors (Lipinski definition) is 0. The highest BCUT2D eigenvalue weighted by atomic mass is 35.5. The predicted octanol–water partition coefficient (Wildman–Crippen LogP) is 1.81. The maximum atomic E-state index is 5.73. The van der Waals surface area contributed by atoms with Gasteiger partial charge in [0.05, 0.1) is 5.50 Å². The Morgan fingerprint density at radius 2 is 1.92 bits per heavy atom. The lowest BCUT2D eigenvalue weighted by atomic mass is 10.5. The summed E-state index contributed by atoms with van der Waals surface area (Å²) >= 11 is 5.73. The first kappa shape index (κ1) is 12.4. The van der Waals surface area contributed by atoms with E-state index in [1.54, 1.807) is 7.11 Å². The normalized spacial score (nSPS) is 16.0. The summed E-state index contributed by atoms with van der Waals surface area (Å²) in [6.45, 7) is 5.17. The molecule has 3 nitrogen and oxygen atoms in total. The first-order chi connectivity index (χ1) is 5.74. The van der Waals surface area contributed by atoms with E-state index in [0.717, 1.165) is 6.42 Å². The highest BCUT2D eigenvalue weighted by Gasteiger charge is 2.38. The molecule has 1 unspecified atom stereocenters. The Kier molecular flexibility index (Phi) is 7.08. The van der Waals surface area contributed by atoms with Crippen molar-refractivity contribution in [1.29, 1.82) is 0 Å². The second-order valence-corrected chi connectivity index (χ2v) is 5.72. The molecule has 0 aliphatic carbocycles. The van der Waals surface area contributed by atoms with E-state index in [0.29, 0.717) is 18.7 Å². The molecule has 1 atom stereocenters. The van der Waals surface area contributed by atoms with Crippen LogP contribution in [0.15, 0.2) is 0 Å². The summed E-state index contributed by atoms with van der Waals surface area (Å²) < 4.78 is 16.1. The van der Waals surface area contributed by atoms with Gasteiger partial charge in [-0.1, -0.05) is 6.92 Å². The van der Waals surface area contributed by atoms with Crippen molar-refractivity contribution in [3.8, 4) is 0 Å². The largest absolute Gasteiger partial charge is 0.516 e. The number of hydrogen-bond acceptors (Lipinski definition) is 3. The number of rotatable bonds is 7.